The van der Waals surface area contributed by atoms with Crippen molar-refractivity contribution in [3.63, 3.8) is 0 Å². The number of Topliss-reactive ketones (excluding diaryl/α,β-unsaturated/α-hetero) is 1. The summed E-state index contributed by atoms with van der Waals surface area (Å²) in [5.74, 6) is 0.993. The van der Waals surface area contributed by atoms with Crippen LogP contribution in [0.1, 0.15) is 77.1 Å². The molecule has 228 valence electrons. The van der Waals surface area contributed by atoms with Gasteiger partial charge in [-0.05, 0) is 93.7 Å². The van der Waals surface area contributed by atoms with E-state index in [1.165, 1.54) is 0 Å². The molecule has 2 aliphatic heterocycles. The van der Waals surface area contributed by atoms with Crippen molar-refractivity contribution in [1.29, 1.82) is 0 Å². The van der Waals surface area contributed by atoms with Crippen LogP contribution in [0.15, 0.2) is 42.0 Å². The lowest BCUT2D eigenvalue weighted by molar-refractivity contribution is -0.140. The number of benzene rings is 2. The molecule has 0 aliphatic carbocycles. The highest BCUT2D eigenvalue weighted by molar-refractivity contribution is 6.46. The van der Waals surface area contributed by atoms with Crippen molar-refractivity contribution in [2.24, 2.45) is 5.92 Å². The van der Waals surface area contributed by atoms with Gasteiger partial charge in [-0.25, -0.2) is 0 Å². The molecule has 2 aromatic rings. The number of likely N-dealkylation sites (tertiary alicyclic amines) is 1. The van der Waals surface area contributed by atoms with Gasteiger partial charge >= 0.3 is 0 Å². The van der Waals surface area contributed by atoms with Crippen molar-refractivity contribution in [3.8, 4) is 17.2 Å². The Labute approximate surface area is 250 Å². The van der Waals surface area contributed by atoms with Gasteiger partial charge in [0.05, 0.1) is 24.8 Å². The van der Waals surface area contributed by atoms with Gasteiger partial charge in [-0.3, -0.25) is 9.59 Å². The number of ether oxygens (including phenoxy) is 3. The number of carbonyl (C=O) groups is 2. The van der Waals surface area contributed by atoms with E-state index in [-0.39, 0.29) is 17.4 Å². The Kier molecular flexibility index (Phi) is 10.5. The van der Waals surface area contributed by atoms with Crippen molar-refractivity contribution >= 4 is 17.4 Å². The summed E-state index contributed by atoms with van der Waals surface area (Å²) < 4.78 is 17.8. The van der Waals surface area contributed by atoms with E-state index in [1.54, 1.807) is 11.0 Å². The van der Waals surface area contributed by atoms with Gasteiger partial charge in [-0.2, -0.15) is 0 Å². The predicted octanol–water partition coefficient (Wildman–Crippen LogP) is 5.99. The second kappa shape index (κ2) is 14.1. The van der Waals surface area contributed by atoms with Gasteiger partial charge in [0.1, 0.15) is 17.6 Å². The number of amides is 1. The molecule has 2 aromatic carbocycles. The molecule has 0 radical (unpaired) electrons. The molecule has 8 heteroatoms. The molecule has 0 unspecified atom stereocenters. The minimum Gasteiger partial charge on any atom is -0.507 e. The molecule has 0 aromatic heterocycles. The number of ketones is 1. The van der Waals surface area contributed by atoms with Gasteiger partial charge < -0.3 is 29.1 Å². The first-order chi connectivity index (χ1) is 20.2. The van der Waals surface area contributed by atoms with Crippen molar-refractivity contribution in [1.82, 2.24) is 9.80 Å². The number of aliphatic hydroxyl groups is 1. The van der Waals surface area contributed by atoms with Gasteiger partial charge in [-0.1, -0.05) is 33.8 Å². The fraction of sp³-hybridized carbons (Fsp3) is 0.529. The minimum absolute atomic E-state index is 0.0482. The van der Waals surface area contributed by atoms with Crippen molar-refractivity contribution in [3.05, 3.63) is 58.7 Å². The smallest absolute Gasteiger partial charge is 0.295 e. The number of fused-ring (bicyclic) bond motifs is 1. The Hall–Kier alpha value is -3.52. The Morgan fingerprint density at radius 3 is 2.52 bits per heavy atom. The first-order valence-corrected chi connectivity index (χ1v) is 15.4. The van der Waals surface area contributed by atoms with Crippen molar-refractivity contribution in [2.45, 2.75) is 73.0 Å². The molecule has 1 amide bonds. The van der Waals surface area contributed by atoms with Crippen LogP contribution in [-0.4, -0.2) is 72.1 Å². The molecule has 0 bridgehead atoms. The maximum absolute atomic E-state index is 13.6. The van der Waals surface area contributed by atoms with E-state index < -0.39 is 17.7 Å². The first-order valence-electron chi connectivity index (χ1n) is 15.4. The average molecular weight is 579 g/mol. The van der Waals surface area contributed by atoms with Crippen molar-refractivity contribution in [2.75, 3.05) is 39.4 Å². The van der Waals surface area contributed by atoms with E-state index in [1.807, 2.05) is 44.2 Å². The summed E-state index contributed by atoms with van der Waals surface area (Å²) in [6.45, 7) is 16.4. The summed E-state index contributed by atoms with van der Waals surface area (Å²) in [4.78, 5) is 31.0. The highest BCUT2D eigenvalue weighted by Gasteiger charge is 2.46. The lowest BCUT2D eigenvalue weighted by Gasteiger charge is -2.27. The molecule has 1 N–H and O–H groups in total. The normalized spacial score (nSPS) is 19.5. The van der Waals surface area contributed by atoms with E-state index in [4.69, 9.17) is 14.2 Å². The van der Waals surface area contributed by atoms with Crippen LogP contribution < -0.4 is 14.2 Å². The summed E-state index contributed by atoms with van der Waals surface area (Å²) in [7, 11) is 0. The molecule has 2 atom stereocenters. The summed E-state index contributed by atoms with van der Waals surface area (Å²) in [6, 6.07) is 10.2. The maximum atomic E-state index is 13.6. The topological polar surface area (TPSA) is 88.5 Å². The van der Waals surface area contributed by atoms with Gasteiger partial charge in [0.25, 0.3) is 11.7 Å². The third-order valence-corrected chi connectivity index (χ3v) is 8.01. The predicted molar refractivity (Wildman–Crippen MR) is 164 cm³/mol. The molecule has 0 saturated carbocycles. The second-order valence-electron chi connectivity index (χ2n) is 11.5. The zero-order valence-electron chi connectivity index (χ0n) is 25.9. The average Bonchev–Trinajstić information content (AvgIpc) is 3.46. The minimum atomic E-state index is -0.756. The zero-order valence-corrected chi connectivity index (χ0v) is 25.9. The van der Waals surface area contributed by atoms with Crippen LogP contribution in [0.2, 0.25) is 0 Å². The summed E-state index contributed by atoms with van der Waals surface area (Å²) in [5.41, 5.74) is 2.25. The summed E-state index contributed by atoms with van der Waals surface area (Å²) in [6.07, 6.45) is 2.38. The van der Waals surface area contributed by atoms with E-state index in [0.717, 1.165) is 43.8 Å². The Balaban J connectivity index is 1.75. The third-order valence-electron chi connectivity index (χ3n) is 8.01. The zero-order chi connectivity index (χ0) is 30.4. The van der Waals surface area contributed by atoms with Crippen LogP contribution in [0.4, 0.5) is 0 Å². The van der Waals surface area contributed by atoms with Crippen LogP contribution >= 0.6 is 0 Å². The molecular weight excluding hydrogens is 532 g/mol. The number of aliphatic hydroxyl groups excluding tert-OH is 1. The Morgan fingerprint density at radius 1 is 1.07 bits per heavy atom. The number of hydrogen-bond acceptors (Lipinski definition) is 7. The lowest BCUT2D eigenvalue weighted by Crippen LogP contribution is -2.33. The number of rotatable bonds is 14. The third kappa shape index (κ3) is 6.92. The number of nitrogens with zero attached hydrogens (tertiary/aromatic N) is 2. The highest BCUT2D eigenvalue weighted by atomic mass is 16.5. The van der Waals surface area contributed by atoms with E-state index in [0.29, 0.717) is 54.7 Å². The van der Waals surface area contributed by atoms with Gasteiger partial charge in [0.2, 0.25) is 0 Å². The molecular formula is C34H46N2O6. The van der Waals surface area contributed by atoms with Gasteiger partial charge in [0.15, 0.2) is 11.5 Å². The fourth-order valence-electron chi connectivity index (χ4n) is 5.67. The largest absolute Gasteiger partial charge is 0.507 e. The van der Waals surface area contributed by atoms with E-state index in [9.17, 15) is 14.7 Å². The Bertz CT molecular complexity index is 1300. The molecule has 1 saturated heterocycles. The summed E-state index contributed by atoms with van der Waals surface area (Å²) >= 11 is 0. The molecule has 1 fully saturated rings. The van der Waals surface area contributed by atoms with Crippen LogP contribution in [-0.2, 0) is 16.0 Å². The first kappa shape index (κ1) is 31.4. The molecule has 8 nitrogen and oxygen atoms in total. The fourth-order valence-corrected chi connectivity index (χ4v) is 5.67. The molecule has 42 heavy (non-hydrogen) atoms. The Morgan fingerprint density at radius 2 is 1.83 bits per heavy atom. The molecule has 2 heterocycles. The van der Waals surface area contributed by atoms with Crippen LogP contribution in [0.3, 0.4) is 0 Å². The molecule has 2 aliphatic rings. The van der Waals surface area contributed by atoms with E-state index >= 15 is 0 Å². The number of hydrogen-bond donors (Lipinski definition) is 1. The monoisotopic (exact) mass is 578 g/mol. The lowest BCUT2D eigenvalue weighted by atomic mass is 9.94. The second-order valence-corrected chi connectivity index (χ2v) is 11.5. The SMILES string of the molecule is CCOc1cc([C@@H]2C(=C(O)c3ccc4c(c3)C[C@H](C)O4)C(=O)C(=O)N2CCCN(CC)CC)ccc1OCCC(C)C. The van der Waals surface area contributed by atoms with Crippen molar-refractivity contribution < 1.29 is 28.9 Å². The number of carbonyl (C=O) groups excluding carboxylic acids is 2. The molecule has 0 spiro atoms. The van der Waals surface area contributed by atoms with Crippen LogP contribution in [0.5, 0.6) is 17.2 Å². The van der Waals surface area contributed by atoms with E-state index in [2.05, 4.69) is 32.6 Å². The van der Waals surface area contributed by atoms with Gasteiger partial charge in [0, 0.05) is 18.5 Å². The quantitative estimate of drug-likeness (QED) is 0.167. The highest BCUT2D eigenvalue weighted by Crippen LogP contribution is 2.43. The summed E-state index contributed by atoms with van der Waals surface area (Å²) in [5, 5.41) is 11.6. The van der Waals surface area contributed by atoms with Crippen LogP contribution in [0, 0.1) is 5.92 Å². The van der Waals surface area contributed by atoms with Gasteiger partial charge in [-0.15, -0.1) is 0 Å². The van der Waals surface area contributed by atoms with Crippen LogP contribution in [0.25, 0.3) is 5.76 Å². The standard InChI is InChI=1S/C34H46N2O6/c1-7-35(8-2)16-10-17-36-31(24-11-14-28(29(21-24)40-9-3)41-18-15-22(4)5)30(33(38)34(36)39)32(37)25-12-13-27-26(20-25)19-23(6)42-27/h11-14,20-23,31,37H,7-10,15-19H2,1-6H3/t23-,31+/m0/s1. The molecule has 4 rings (SSSR count). The maximum Gasteiger partial charge on any atom is 0.295 e.